The molecule has 3 rings (SSSR count). The number of hydrogen-bond donors (Lipinski definition) is 0. The van der Waals surface area contributed by atoms with Gasteiger partial charge in [0.1, 0.15) is 6.04 Å². The number of carbonyl (C=O) groups is 1. The van der Waals surface area contributed by atoms with Gasteiger partial charge in [0.15, 0.2) is 5.82 Å². The average Bonchev–Trinajstić information content (AvgIpc) is 3.15. The van der Waals surface area contributed by atoms with Gasteiger partial charge in [0.05, 0.1) is 10.0 Å². The Morgan fingerprint density at radius 2 is 2.17 bits per heavy atom. The van der Waals surface area contributed by atoms with Crippen molar-refractivity contribution in [3.63, 3.8) is 0 Å². The molecule has 5 nitrogen and oxygen atoms in total. The summed E-state index contributed by atoms with van der Waals surface area (Å²) in [6.45, 7) is 2.76. The fraction of sp³-hybridized carbons (Fsp3) is 0.438. The molecule has 1 aliphatic rings. The molecule has 1 saturated heterocycles. The molecule has 0 N–H and O–H groups in total. The van der Waals surface area contributed by atoms with Gasteiger partial charge in [0.25, 0.3) is 0 Å². The van der Waals surface area contributed by atoms with Crippen molar-refractivity contribution in [2.45, 2.75) is 38.6 Å². The van der Waals surface area contributed by atoms with E-state index >= 15 is 0 Å². The van der Waals surface area contributed by atoms with Crippen LogP contribution in [0.5, 0.6) is 0 Å². The Kier molecular flexibility index (Phi) is 4.87. The predicted octanol–water partition coefficient (Wildman–Crippen LogP) is 4.04. The second-order valence-electron chi connectivity index (χ2n) is 5.59. The summed E-state index contributed by atoms with van der Waals surface area (Å²) in [5, 5.41) is 5.05. The van der Waals surface area contributed by atoms with Crippen LogP contribution in [0.2, 0.25) is 10.0 Å². The van der Waals surface area contributed by atoms with Crippen LogP contribution < -0.4 is 0 Å². The van der Waals surface area contributed by atoms with Crippen LogP contribution in [0.15, 0.2) is 22.7 Å². The molecule has 23 heavy (non-hydrogen) atoms. The second kappa shape index (κ2) is 6.89. The van der Waals surface area contributed by atoms with E-state index in [1.165, 1.54) is 0 Å². The fourth-order valence-corrected chi connectivity index (χ4v) is 3.15. The molecule has 1 aliphatic heterocycles. The van der Waals surface area contributed by atoms with Gasteiger partial charge in [-0.15, -0.1) is 0 Å². The molecule has 0 spiro atoms. The highest BCUT2D eigenvalue weighted by atomic mass is 35.5. The number of carbonyl (C=O) groups excluding carboxylic acids is 1. The van der Waals surface area contributed by atoms with Crippen molar-refractivity contribution in [3.8, 4) is 0 Å². The highest BCUT2D eigenvalue weighted by Gasteiger charge is 2.31. The Balaban J connectivity index is 1.76. The largest absolute Gasteiger partial charge is 0.337 e. The summed E-state index contributed by atoms with van der Waals surface area (Å²) >= 11 is 11.9. The number of halogens is 2. The van der Waals surface area contributed by atoms with Crippen LogP contribution in [0.25, 0.3) is 0 Å². The van der Waals surface area contributed by atoms with E-state index in [0.29, 0.717) is 34.6 Å². The normalized spacial score (nSPS) is 16.1. The van der Waals surface area contributed by atoms with Crippen molar-refractivity contribution in [1.82, 2.24) is 15.0 Å². The molecular weight excluding hydrogens is 337 g/mol. The lowest BCUT2D eigenvalue weighted by Crippen LogP contribution is -2.29. The molecule has 0 saturated carbocycles. The fourth-order valence-electron chi connectivity index (χ4n) is 2.83. The molecule has 122 valence electrons. The molecule has 1 atom stereocenters. The summed E-state index contributed by atoms with van der Waals surface area (Å²) in [4.78, 5) is 18.2. The number of rotatable bonds is 5. The van der Waals surface area contributed by atoms with Crippen molar-refractivity contribution in [3.05, 3.63) is 45.5 Å². The van der Waals surface area contributed by atoms with Gasteiger partial charge in [0.2, 0.25) is 11.8 Å². The van der Waals surface area contributed by atoms with E-state index in [1.54, 1.807) is 12.1 Å². The van der Waals surface area contributed by atoms with Gasteiger partial charge in [-0.25, -0.2) is 0 Å². The Morgan fingerprint density at radius 3 is 2.83 bits per heavy atom. The summed E-state index contributed by atoms with van der Waals surface area (Å²) in [5.74, 6) is 1.22. The SMILES string of the molecule is CCC(c1nc(Cc2ccc(Cl)c(Cl)c2)no1)N1CCCC1=O. The van der Waals surface area contributed by atoms with Crippen LogP contribution in [-0.4, -0.2) is 27.5 Å². The quantitative estimate of drug-likeness (QED) is 0.813. The van der Waals surface area contributed by atoms with Crippen molar-refractivity contribution in [1.29, 1.82) is 0 Å². The third-order valence-electron chi connectivity index (χ3n) is 3.99. The van der Waals surface area contributed by atoms with Crippen molar-refractivity contribution >= 4 is 29.1 Å². The summed E-state index contributed by atoms with van der Waals surface area (Å²) in [5.41, 5.74) is 0.956. The predicted molar refractivity (Wildman–Crippen MR) is 87.5 cm³/mol. The highest BCUT2D eigenvalue weighted by molar-refractivity contribution is 6.42. The first-order chi connectivity index (χ1) is 11.1. The van der Waals surface area contributed by atoms with Crippen LogP contribution in [-0.2, 0) is 11.2 Å². The molecule has 2 aromatic rings. The van der Waals surface area contributed by atoms with Gasteiger partial charge in [-0.1, -0.05) is 41.3 Å². The lowest BCUT2D eigenvalue weighted by molar-refractivity contribution is -0.130. The van der Waals surface area contributed by atoms with E-state index in [9.17, 15) is 4.79 Å². The number of benzene rings is 1. The summed E-state index contributed by atoms with van der Waals surface area (Å²) in [6, 6.07) is 5.28. The first-order valence-corrected chi connectivity index (χ1v) is 8.40. The molecule has 1 unspecified atom stereocenters. The summed E-state index contributed by atoms with van der Waals surface area (Å²) in [6.07, 6.45) is 2.74. The molecular formula is C16H17Cl2N3O2. The van der Waals surface area contributed by atoms with Gasteiger partial charge in [-0.2, -0.15) is 4.98 Å². The van der Waals surface area contributed by atoms with E-state index < -0.39 is 0 Å². The number of aromatic nitrogens is 2. The Bertz CT molecular complexity index is 717. The maximum Gasteiger partial charge on any atom is 0.249 e. The molecule has 1 amide bonds. The minimum atomic E-state index is -0.139. The number of hydrogen-bond acceptors (Lipinski definition) is 4. The molecule has 1 aromatic carbocycles. The third kappa shape index (κ3) is 3.51. The Labute approximate surface area is 144 Å². The maximum absolute atomic E-state index is 11.9. The zero-order valence-electron chi connectivity index (χ0n) is 12.8. The lowest BCUT2D eigenvalue weighted by Gasteiger charge is -2.23. The van der Waals surface area contributed by atoms with Gasteiger partial charge < -0.3 is 9.42 Å². The standard InChI is InChI=1S/C16H17Cl2N3O2/c1-2-13(21-7-3-4-15(21)22)16-19-14(20-23-16)9-10-5-6-11(17)12(18)8-10/h5-6,8,13H,2-4,7,9H2,1H3. The number of amides is 1. The van der Waals surface area contributed by atoms with Crippen LogP contribution in [0, 0.1) is 0 Å². The zero-order chi connectivity index (χ0) is 16.4. The van der Waals surface area contributed by atoms with Crippen molar-refractivity contribution in [2.75, 3.05) is 6.54 Å². The Morgan fingerprint density at radius 1 is 1.35 bits per heavy atom. The smallest absolute Gasteiger partial charge is 0.249 e. The lowest BCUT2D eigenvalue weighted by atomic mass is 10.1. The zero-order valence-corrected chi connectivity index (χ0v) is 14.3. The second-order valence-corrected chi connectivity index (χ2v) is 6.40. The van der Waals surface area contributed by atoms with Gasteiger partial charge >= 0.3 is 0 Å². The highest BCUT2D eigenvalue weighted by Crippen LogP contribution is 2.28. The summed E-state index contributed by atoms with van der Waals surface area (Å²) < 4.78 is 5.39. The Hall–Kier alpha value is -1.59. The first kappa shape index (κ1) is 16.3. The number of nitrogens with zero attached hydrogens (tertiary/aromatic N) is 3. The number of likely N-dealkylation sites (tertiary alicyclic amines) is 1. The topological polar surface area (TPSA) is 59.2 Å². The van der Waals surface area contributed by atoms with Gasteiger partial charge in [0, 0.05) is 19.4 Å². The molecule has 1 aromatic heterocycles. The summed E-state index contributed by atoms with van der Waals surface area (Å²) in [7, 11) is 0. The molecule has 7 heteroatoms. The third-order valence-corrected chi connectivity index (χ3v) is 4.73. The minimum Gasteiger partial charge on any atom is -0.337 e. The van der Waals surface area contributed by atoms with Crippen LogP contribution in [0.1, 0.15) is 49.5 Å². The van der Waals surface area contributed by atoms with E-state index in [0.717, 1.165) is 24.9 Å². The van der Waals surface area contributed by atoms with Gasteiger partial charge in [-0.3, -0.25) is 4.79 Å². The first-order valence-electron chi connectivity index (χ1n) is 7.64. The molecule has 1 fully saturated rings. The monoisotopic (exact) mass is 353 g/mol. The van der Waals surface area contributed by atoms with Gasteiger partial charge in [-0.05, 0) is 30.5 Å². The van der Waals surface area contributed by atoms with E-state index in [1.807, 2.05) is 17.9 Å². The van der Waals surface area contributed by atoms with E-state index in [2.05, 4.69) is 10.1 Å². The molecule has 0 bridgehead atoms. The van der Waals surface area contributed by atoms with Crippen LogP contribution in [0.3, 0.4) is 0 Å². The molecule has 0 aliphatic carbocycles. The average molecular weight is 354 g/mol. The van der Waals surface area contributed by atoms with E-state index in [4.69, 9.17) is 27.7 Å². The molecule has 2 heterocycles. The van der Waals surface area contributed by atoms with Crippen molar-refractivity contribution < 1.29 is 9.32 Å². The van der Waals surface area contributed by atoms with Crippen LogP contribution >= 0.6 is 23.2 Å². The van der Waals surface area contributed by atoms with Crippen molar-refractivity contribution in [2.24, 2.45) is 0 Å². The minimum absolute atomic E-state index is 0.139. The maximum atomic E-state index is 11.9. The molecule has 0 radical (unpaired) electrons. The van der Waals surface area contributed by atoms with Crippen LogP contribution in [0.4, 0.5) is 0 Å². The van der Waals surface area contributed by atoms with E-state index in [-0.39, 0.29) is 11.9 Å².